The van der Waals surface area contributed by atoms with Crippen molar-refractivity contribution in [3.05, 3.63) is 11.9 Å². The summed E-state index contributed by atoms with van der Waals surface area (Å²) in [6.07, 6.45) is 7.66. The Balaban J connectivity index is 2.42. The van der Waals surface area contributed by atoms with Crippen LogP contribution in [-0.4, -0.2) is 29.1 Å². The zero-order valence-electron chi connectivity index (χ0n) is 11.0. The maximum atomic E-state index is 2.47. The van der Waals surface area contributed by atoms with Crippen molar-refractivity contribution in [3.8, 4) is 0 Å². The van der Waals surface area contributed by atoms with Crippen molar-refractivity contribution in [1.29, 1.82) is 0 Å². The number of allylic oxidation sites excluding steroid dienone is 1. The van der Waals surface area contributed by atoms with Gasteiger partial charge in [-0.05, 0) is 27.2 Å². The Morgan fingerprint density at radius 3 is 2.33 bits per heavy atom. The molecule has 1 heterocycles. The van der Waals surface area contributed by atoms with Crippen LogP contribution in [0.5, 0.6) is 0 Å². The van der Waals surface area contributed by atoms with Crippen molar-refractivity contribution in [2.75, 3.05) is 13.6 Å². The first-order valence-corrected chi connectivity index (χ1v) is 6.19. The molecule has 0 aromatic carbocycles. The van der Waals surface area contributed by atoms with E-state index in [-0.39, 0.29) is 5.66 Å². The predicted molar refractivity (Wildman–Crippen MR) is 66.4 cm³/mol. The Morgan fingerprint density at radius 2 is 1.87 bits per heavy atom. The summed E-state index contributed by atoms with van der Waals surface area (Å²) >= 11 is 0. The topological polar surface area (TPSA) is 6.48 Å². The molecule has 0 saturated heterocycles. The summed E-state index contributed by atoms with van der Waals surface area (Å²) in [6.45, 7) is 10.2. The monoisotopic (exact) mass is 210 g/mol. The Morgan fingerprint density at radius 1 is 1.20 bits per heavy atom. The van der Waals surface area contributed by atoms with Crippen LogP contribution in [0.1, 0.15) is 53.4 Å². The van der Waals surface area contributed by atoms with Gasteiger partial charge < -0.3 is 9.80 Å². The van der Waals surface area contributed by atoms with Crippen LogP contribution in [-0.2, 0) is 0 Å². The van der Waals surface area contributed by atoms with Gasteiger partial charge in [-0.25, -0.2) is 0 Å². The summed E-state index contributed by atoms with van der Waals surface area (Å²) in [5.74, 6) is 0. The van der Waals surface area contributed by atoms with Gasteiger partial charge in [-0.15, -0.1) is 0 Å². The van der Waals surface area contributed by atoms with E-state index in [1.165, 1.54) is 37.9 Å². The maximum absolute atomic E-state index is 2.47. The molecule has 0 radical (unpaired) electrons. The molecular weight excluding hydrogens is 184 g/mol. The van der Waals surface area contributed by atoms with Crippen LogP contribution in [0.15, 0.2) is 11.9 Å². The number of hydrogen-bond acceptors (Lipinski definition) is 2. The summed E-state index contributed by atoms with van der Waals surface area (Å²) in [6, 6.07) is 0. The average Bonchev–Trinajstić information content (AvgIpc) is 2.37. The van der Waals surface area contributed by atoms with Gasteiger partial charge in [0.1, 0.15) is 5.66 Å². The second-order valence-electron chi connectivity index (χ2n) is 5.08. The zero-order valence-corrected chi connectivity index (χ0v) is 11.0. The highest BCUT2D eigenvalue weighted by molar-refractivity contribution is 5.10. The highest BCUT2D eigenvalue weighted by atomic mass is 15.4. The van der Waals surface area contributed by atoms with Gasteiger partial charge in [-0.3, -0.25) is 0 Å². The molecule has 2 nitrogen and oxygen atoms in total. The third-order valence-electron chi connectivity index (χ3n) is 3.65. The molecular formula is C13H26N2. The van der Waals surface area contributed by atoms with E-state index in [0.29, 0.717) is 0 Å². The molecule has 0 saturated carbocycles. The van der Waals surface area contributed by atoms with Crippen molar-refractivity contribution >= 4 is 0 Å². The molecule has 0 aliphatic carbocycles. The van der Waals surface area contributed by atoms with Gasteiger partial charge in [0.15, 0.2) is 0 Å². The fourth-order valence-electron chi connectivity index (χ4n) is 2.14. The van der Waals surface area contributed by atoms with Gasteiger partial charge >= 0.3 is 0 Å². The van der Waals surface area contributed by atoms with Gasteiger partial charge in [-0.1, -0.05) is 26.2 Å². The van der Waals surface area contributed by atoms with E-state index in [9.17, 15) is 0 Å². The maximum Gasteiger partial charge on any atom is 0.106 e. The lowest BCUT2D eigenvalue weighted by molar-refractivity contribution is 0.0754. The van der Waals surface area contributed by atoms with Crippen molar-refractivity contribution in [2.45, 2.75) is 59.0 Å². The minimum absolute atomic E-state index is 0.163. The lowest BCUT2D eigenvalue weighted by atomic mass is 10.1. The van der Waals surface area contributed by atoms with E-state index in [1.54, 1.807) is 0 Å². The van der Waals surface area contributed by atoms with E-state index >= 15 is 0 Å². The van der Waals surface area contributed by atoms with E-state index in [1.807, 2.05) is 0 Å². The van der Waals surface area contributed by atoms with Crippen molar-refractivity contribution in [3.63, 3.8) is 0 Å². The molecule has 88 valence electrons. The van der Waals surface area contributed by atoms with Gasteiger partial charge in [0, 0.05) is 25.5 Å². The Labute approximate surface area is 94.9 Å². The van der Waals surface area contributed by atoms with Crippen molar-refractivity contribution in [1.82, 2.24) is 9.80 Å². The molecule has 2 heteroatoms. The van der Waals surface area contributed by atoms with Crippen LogP contribution < -0.4 is 0 Å². The fraction of sp³-hybridized carbons (Fsp3) is 0.846. The third kappa shape index (κ3) is 2.67. The van der Waals surface area contributed by atoms with Crippen LogP contribution in [0, 0.1) is 0 Å². The van der Waals surface area contributed by atoms with Gasteiger partial charge in [0.2, 0.25) is 0 Å². The highest BCUT2D eigenvalue weighted by Gasteiger charge is 2.34. The van der Waals surface area contributed by atoms with Gasteiger partial charge in [0.25, 0.3) is 0 Å². The largest absolute Gasteiger partial charge is 0.355 e. The summed E-state index contributed by atoms with van der Waals surface area (Å²) < 4.78 is 0. The number of hydrogen-bond donors (Lipinski definition) is 0. The second-order valence-corrected chi connectivity index (χ2v) is 5.08. The van der Waals surface area contributed by atoms with E-state index in [2.05, 4.69) is 50.7 Å². The highest BCUT2D eigenvalue weighted by Crippen LogP contribution is 2.30. The number of unbranched alkanes of at least 4 members (excludes halogenated alkanes) is 3. The van der Waals surface area contributed by atoms with Gasteiger partial charge in [-0.2, -0.15) is 0 Å². The molecule has 0 amide bonds. The smallest absolute Gasteiger partial charge is 0.106 e. The number of rotatable bonds is 5. The Kier molecular flexibility index (Phi) is 4.06. The quantitative estimate of drug-likeness (QED) is 0.642. The minimum atomic E-state index is 0.163. The van der Waals surface area contributed by atoms with Crippen LogP contribution >= 0.6 is 0 Å². The average molecular weight is 210 g/mol. The molecule has 15 heavy (non-hydrogen) atoms. The summed E-state index contributed by atoms with van der Waals surface area (Å²) in [5, 5.41) is 0. The van der Waals surface area contributed by atoms with Crippen LogP contribution in [0.3, 0.4) is 0 Å². The fourth-order valence-corrected chi connectivity index (χ4v) is 2.14. The van der Waals surface area contributed by atoms with Crippen LogP contribution in [0.4, 0.5) is 0 Å². The standard InChI is InChI=1S/C13H26N2/c1-6-7-8-9-10-15-11-12(2)14(5)13(15,3)4/h11H,6-10H2,1-5H3. The molecule has 0 fully saturated rings. The molecule has 0 spiro atoms. The molecule has 0 N–H and O–H groups in total. The van der Waals surface area contributed by atoms with Crippen molar-refractivity contribution in [2.24, 2.45) is 0 Å². The summed E-state index contributed by atoms with van der Waals surface area (Å²) in [7, 11) is 2.18. The molecule has 1 aliphatic heterocycles. The zero-order chi connectivity index (χ0) is 11.5. The van der Waals surface area contributed by atoms with Crippen LogP contribution in [0.2, 0.25) is 0 Å². The first-order chi connectivity index (χ1) is 7.00. The molecule has 0 aromatic rings. The lowest BCUT2D eigenvalue weighted by Crippen LogP contribution is -2.47. The van der Waals surface area contributed by atoms with Crippen LogP contribution in [0.25, 0.3) is 0 Å². The predicted octanol–water partition coefficient (Wildman–Crippen LogP) is 3.41. The summed E-state index contributed by atoms with van der Waals surface area (Å²) in [4.78, 5) is 4.82. The van der Waals surface area contributed by atoms with E-state index in [4.69, 9.17) is 0 Å². The number of nitrogens with zero attached hydrogens (tertiary/aromatic N) is 2. The summed E-state index contributed by atoms with van der Waals surface area (Å²) in [5.41, 5.74) is 1.53. The lowest BCUT2D eigenvalue weighted by Gasteiger charge is -2.39. The second kappa shape index (κ2) is 4.91. The first-order valence-electron chi connectivity index (χ1n) is 6.19. The molecule has 0 aromatic heterocycles. The normalized spacial score (nSPS) is 19.7. The SMILES string of the molecule is CCCCCCN1C=C(C)N(C)C1(C)C. The Hall–Kier alpha value is -0.660. The Bertz CT molecular complexity index is 231. The molecule has 1 aliphatic rings. The minimum Gasteiger partial charge on any atom is -0.355 e. The third-order valence-corrected chi connectivity index (χ3v) is 3.65. The van der Waals surface area contributed by atoms with Gasteiger partial charge in [0.05, 0.1) is 0 Å². The molecule has 0 bridgehead atoms. The first kappa shape index (κ1) is 12.4. The van der Waals surface area contributed by atoms with E-state index < -0.39 is 0 Å². The van der Waals surface area contributed by atoms with E-state index in [0.717, 1.165) is 0 Å². The van der Waals surface area contributed by atoms with Crippen molar-refractivity contribution < 1.29 is 0 Å². The molecule has 0 atom stereocenters. The molecule has 0 unspecified atom stereocenters. The molecule has 1 rings (SSSR count).